The highest BCUT2D eigenvalue weighted by atomic mass is 14.8. The molecule has 0 atom stereocenters. The van der Waals surface area contributed by atoms with Crippen molar-refractivity contribution in [3.05, 3.63) is 35.4 Å². The second-order valence-electron chi connectivity index (χ2n) is 4.39. The Hall–Kier alpha value is -0.820. The van der Waals surface area contributed by atoms with Crippen molar-refractivity contribution in [2.75, 3.05) is 13.6 Å². The molecule has 1 aromatic rings. The molecule has 0 unspecified atom stereocenters. The molecule has 1 aliphatic carbocycles. The van der Waals surface area contributed by atoms with Gasteiger partial charge in [0.1, 0.15) is 0 Å². The van der Waals surface area contributed by atoms with Crippen LogP contribution in [0.15, 0.2) is 24.3 Å². The van der Waals surface area contributed by atoms with Gasteiger partial charge in [0, 0.05) is 0 Å². The minimum absolute atomic E-state index is 0.873. The first-order chi connectivity index (χ1) is 7.27. The molecule has 0 saturated heterocycles. The van der Waals surface area contributed by atoms with E-state index < -0.39 is 0 Å². The van der Waals surface area contributed by atoms with Gasteiger partial charge in [0.25, 0.3) is 0 Å². The van der Waals surface area contributed by atoms with E-state index in [0.29, 0.717) is 0 Å². The smallest absolute Gasteiger partial charge is 0.00546 e. The second-order valence-corrected chi connectivity index (χ2v) is 4.39. The van der Waals surface area contributed by atoms with Gasteiger partial charge in [0.05, 0.1) is 0 Å². The summed E-state index contributed by atoms with van der Waals surface area (Å²) in [6, 6.07) is 8.77. The lowest BCUT2D eigenvalue weighted by molar-refractivity contribution is 0.628. The second kappa shape index (κ2) is 6.62. The third-order valence-electron chi connectivity index (χ3n) is 2.76. The number of benzene rings is 1. The van der Waals surface area contributed by atoms with E-state index in [1.54, 1.807) is 11.1 Å². The molecule has 0 aromatic heterocycles. The van der Waals surface area contributed by atoms with Gasteiger partial charge < -0.3 is 5.32 Å². The summed E-state index contributed by atoms with van der Waals surface area (Å²) in [6.07, 6.45) is 3.81. The van der Waals surface area contributed by atoms with Gasteiger partial charge in [-0.1, -0.05) is 38.1 Å². The van der Waals surface area contributed by atoms with Gasteiger partial charge in [-0.2, -0.15) is 0 Å². The molecule has 0 saturated carbocycles. The van der Waals surface area contributed by atoms with Crippen LogP contribution in [0, 0.1) is 5.92 Å². The summed E-state index contributed by atoms with van der Waals surface area (Å²) in [5.41, 5.74) is 3.13. The number of nitrogens with one attached hydrogen (secondary N) is 1. The molecule has 2 rings (SSSR count). The molecule has 1 N–H and O–H groups in total. The van der Waals surface area contributed by atoms with Gasteiger partial charge in [0.2, 0.25) is 0 Å². The predicted molar refractivity (Wildman–Crippen MR) is 67.2 cm³/mol. The quantitative estimate of drug-likeness (QED) is 0.782. The fraction of sp³-hybridized carbons (Fsp3) is 0.571. The van der Waals surface area contributed by atoms with Crippen LogP contribution in [-0.2, 0) is 12.8 Å². The summed E-state index contributed by atoms with van der Waals surface area (Å²) in [7, 11) is 1.96. The van der Waals surface area contributed by atoms with E-state index in [-0.39, 0.29) is 0 Å². The summed E-state index contributed by atoms with van der Waals surface area (Å²) < 4.78 is 0. The molecule has 0 aliphatic heterocycles. The number of rotatable bonds is 2. The molecular formula is C14H23N. The molecule has 0 heterocycles. The van der Waals surface area contributed by atoms with E-state index in [1.807, 2.05) is 7.05 Å². The Labute approximate surface area is 93.9 Å². The SMILES string of the molecule is CC1Cc2ccccc2C1.CCCNC. The molecule has 1 heteroatoms. The molecule has 1 nitrogen and oxygen atoms in total. The zero-order valence-electron chi connectivity index (χ0n) is 10.2. The third kappa shape index (κ3) is 4.05. The number of fused-ring (bicyclic) bond motifs is 1. The Morgan fingerprint density at radius 1 is 1.20 bits per heavy atom. The Balaban J connectivity index is 0.000000195. The Kier molecular flexibility index (Phi) is 5.41. The lowest BCUT2D eigenvalue weighted by Gasteiger charge is -1.93. The maximum absolute atomic E-state index is 3.02. The lowest BCUT2D eigenvalue weighted by atomic mass is 10.1. The Morgan fingerprint density at radius 2 is 1.73 bits per heavy atom. The summed E-state index contributed by atoms with van der Waals surface area (Å²) in [6.45, 7) is 5.61. The zero-order valence-corrected chi connectivity index (χ0v) is 10.2. The topological polar surface area (TPSA) is 12.0 Å². The molecular weight excluding hydrogens is 182 g/mol. The largest absolute Gasteiger partial charge is 0.320 e. The Bertz CT molecular complexity index is 253. The van der Waals surface area contributed by atoms with Crippen molar-refractivity contribution in [1.82, 2.24) is 5.32 Å². The van der Waals surface area contributed by atoms with Crippen LogP contribution in [0.4, 0.5) is 0 Å². The van der Waals surface area contributed by atoms with Gasteiger partial charge in [0.15, 0.2) is 0 Å². The summed E-state index contributed by atoms with van der Waals surface area (Å²) >= 11 is 0. The monoisotopic (exact) mass is 205 g/mol. The van der Waals surface area contributed by atoms with Crippen LogP contribution in [0.5, 0.6) is 0 Å². The van der Waals surface area contributed by atoms with Crippen LogP contribution in [0.3, 0.4) is 0 Å². The van der Waals surface area contributed by atoms with E-state index in [0.717, 1.165) is 12.5 Å². The van der Waals surface area contributed by atoms with Crippen molar-refractivity contribution in [3.63, 3.8) is 0 Å². The summed E-state index contributed by atoms with van der Waals surface area (Å²) in [5.74, 6) is 0.873. The van der Waals surface area contributed by atoms with Crippen LogP contribution < -0.4 is 5.32 Å². The molecule has 0 bridgehead atoms. The van der Waals surface area contributed by atoms with Crippen LogP contribution in [0.1, 0.15) is 31.4 Å². The highest BCUT2D eigenvalue weighted by Crippen LogP contribution is 2.25. The standard InChI is InChI=1S/C10H12.C4H11N/c1-8-6-9-4-2-3-5-10(9)7-8;1-3-4-5-2/h2-5,8H,6-7H2,1H3;5H,3-4H2,1-2H3. The maximum atomic E-state index is 3.02. The van der Waals surface area contributed by atoms with Crippen molar-refractivity contribution in [2.45, 2.75) is 33.1 Å². The maximum Gasteiger partial charge on any atom is -0.00546 e. The first kappa shape index (κ1) is 12.3. The molecule has 0 fully saturated rings. The average molecular weight is 205 g/mol. The van der Waals surface area contributed by atoms with Gasteiger partial charge in [-0.05, 0) is 49.9 Å². The molecule has 1 aromatic carbocycles. The number of hydrogen-bond acceptors (Lipinski definition) is 1. The zero-order chi connectivity index (χ0) is 11.1. The highest BCUT2D eigenvalue weighted by Gasteiger charge is 2.15. The van der Waals surface area contributed by atoms with Crippen LogP contribution >= 0.6 is 0 Å². The molecule has 1 aliphatic rings. The fourth-order valence-corrected chi connectivity index (χ4v) is 2.03. The van der Waals surface area contributed by atoms with E-state index in [9.17, 15) is 0 Å². The molecule has 84 valence electrons. The Morgan fingerprint density at radius 3 is 2.07 bits per heavy atom. The minimum atomic E-state index is 0.873. The normalized spacial score (nSPS) is 14.3. The fourth-order valence-electron chi connectivity index (χ4n) is 2.03. The summed E-state index contributed by atoms with van der Waals surface area (Å²) in [4.78, 5) is 0. The summed E-state index contributed by atoms with van der Waals surface area (Å²) in [5, 5.41) is 3.02. The minimum Gasteiger partial charge on any atom is -0.320 e. The highest BCUT2D eigenvalue weighted by molar-refractivity contribution is 5.31. The first-order valence-corrected chi connectivity index (χ1v) is 5.99. The van der Waals surface area contributed by atoms with E-state index >= 15 is 0 Å². The van der Waals surface area contributed by atoms with Crippen molar-refractivity contribution in [1.29, 1.82) is 0 Å². The predicted octanol–water partition coefficient (Wildman–Crippen LogP) is 3.04. The first-order valence-electron chi connectivity index (χ1n) is 5.99. The van der Waals surface area contributed by atoms with Gasteiger partial charge in [-0.15, -0.1) is 0 Å². The molecule has 0 amide bonds. The van der Waals surface area contributed by atoms with Crippen LogP contribution in [0.2, 0.25) is 0 Å². The van der Waals surface area contributed by atoms with Crippen molar-refractivity contribution in [3.8, 4) is 0 Å². The van der Waals surface area contributed by atoms with Gasteiger partial charge in [-0.25, -0.2) is 0 Å². The van der Waals surface area contributed by atoms with Gasteiger partial charge in [-0.3, -0.25) is 0 Å². The van der Waals surface area contributed by atoms with E-state index in [2.05, 4.69) is 43.4 Å². The van der Waals surface area contributed by atoms with E-state index in [1.165, 1.54) is 19.3 Å². The average Bonchev–Trinajstić information content (AvgIpc) is 2.60. The molecule has 15 heavy (non-hydrogen) atoms. The van der Waals surface area contributed by atoms with Crippen LogP contribution in [0.25, 0.3) is 0 Å². The molecule has 0 spiro atoms. The van der Waals surface area contributed by atoms with Gasteiger partial charge >= 0.3 is 0 Å². The van der Waals surface area contributed by atoms with Crippen molar-refractivity contribution >= 4 is 0 Å². The van der Waals surface area contributed by atoms with Crippen molar-refractivity contribution in [2.24, 2.45) is 5.92 Å². The molecule has 0 radical (unpaired) electrons. The van der Waals surface area contributed by atoms with E-state index in [4.69, 9.17) is 0 Å². The van der Waals surface area contributed by atoms with Crippen LogP contribution in [-0.4, -0.2) is 13.6 Å². The third-order valence-corrected chi connectivity index (χ3v) is 2.76. The van der Waals surface area contributed by atoms with Crippen molar-refractivity contribution < 1.29 is 0 Å². The number of hydrogen-bond donors (Lipinski definition) is 1. The lowest BCUT2D eigenvalue weighted by Crippen LogP contribution is -2.04.